The lowest BCUT2D eigenvalue weighted by atomic mass is 10.00. The van der Waals surface area contributed by atoms with Gasteiger partial charge >= 0.3 is 5.97 Å². The standard InChI is InChI=1S/C32H28N2O5/c1-4-6-11-27(33-39-19(3)35)30(36)21-13-15-29-25(18-21)24-16-20(12-14-28(24)34(29)5-2)17-26-31(37)22-9-7-8-10-23(22)32(26)38/h7-10,12-18H,4-6,11H2,1-3H3. The zero-order valence-electron chi connectivity index (χ0n) is 22.1. The van der Waals surface area contributed by atoms with E-state index in [9.17, 15) is 19.2 Å². The Balaban J connectivity index is 1.60. The number of nitrogens with zero attached hydrogens (tertiary/aromatic N) is 2. The van der Waals surface area contributed by atoms with Crippen LogP contribution in [0, 0.1) is 0 Å². The summed E-state index contributed by atoms with van der Waals surface area (Å²) in [5.41, 5.74) is 4.30. The van der Waals surface area contributed by atoms with E-state index in [1.165, 1.54) is 6.92 Å². The predicted octanol–water partition coefficient (Wildman–Crippen LogP) is 6.57. The molecule has 0 saturated carbocycles. The van der Waals surface area contributed by atoms with Crippen molar-refractivity contribution in [2.75, 3.05) is 0 Å². The molecule has 1 heterocycles. The average Bonchev–Trinajstić information content (AvgIpc) is 3.38. The van der Waals surface area contributed by atoms with Crippen LogP contribution in [0.15, 0.2) is 71.4 Å². The van der Waals surface area contributed by atoms with Gasteiger partial charge in [-0.05, 0) is 61.7 Å². The van der Waals surface area contributed by atoms with E-state index in [0.717, 1.165) is 46.8 Å². The number of hydrogen-bond acceptors (Lipinski definition) is 6. The summed E-state index contributed by atoms with van der Waals surface area (Å²) in [6.07, 6.45) is 3.65. The van der Waals surface area contributed by atoms with E-state index in [0.29, 0.717) is 23.1 Å². The van der Waals surface area contributed by atoms with Crippen LogP contribution in [0.2, 0.25) is 0 Å². The van der Waals surface area contributed by atoms with Crippen LogP contribution in [0.3, 0.4) is 0 Å². The molecule has 0 saturated heterocycles. The van der Waals surface area contributed by atoms with Crippen molar-refractivity contribution in [2.45, 2.75) is 46.6 Å². The number of ketones is 3. The Morgan fingerprint density at radius 1 is 0.897 bits per heavy atom. The van der Waals surface area contributed by atoms with Crippen molar-refractivity contribution in [3.8, 4) is 0 Å². The maximum Gasteiger partial charge on any atom is 0.331 e. The zero-order chi connectivity index (χ0) is 27.7. The smallest absolute Gasteiger partial charge is 0.331 e. The van der Waals surface area contributed by atoms with Gasteiger partial charge < -0.3 is 9.40 Å². The minimum Gasteiger partial charge on any atom is -0.341 e. The molecular formula is C32H28N2O5. The molecule has 1 aromatic heterocycles. The molecular weight excluding hydrogens is 492 g/mol. The molecule has 0 unspecified atom stereocenters. The largest absolute Gasteiger partial charge is 0.341 e. The monoisotopic (exact) mass is 520 g/mol. The van der Waals surface area contributed by atoms with Crippen LogP contribution in [-0.2, 0) is 16.2 Å². The Morgan fingerprint density at radius 2 is 1.54 bits per heavy atom. The number of oxime groups is 1. The lowest BCUT2D eigenvalue weighted by Gasteiger charge is -2.06. The molecule has 0 N–H and O–H groups in total. The van der Waals surface area contributed by atoms with Crippen molar-refractivity contribution in [1.29, 1.82) is 0 Å². The molecule has 0 fully saturated rings. The van der Waals surface area contributed by atoms with E-state index in [2.05, 4.69) is 16.6 Å². The topological polar surface area (TPSA) is 94.8 Å². The van der Waals surface area contributed by atoms with E-state index < -0.39 is 5.97 Å². The highest BCUT2D eigenvalue weighted by molar-refractivity contribution is 6.46. The van der Waals surface area contributed by atoms with Gasteiger partial charge in [-0.3, -0.25) is 14.4 Å². The van der Waals surface area contributed by atoms with Gasteiger partial charge in [0, 0.05) is 52.0 Å². The van der Waals surface area contributed by atoms with Crippen molar-refractivity contribution in [1.82, 2.24) is 4.57 Å². The van der Waals surface area contributed by atoms with Crippen molar-refractivity contribution in [2.24, 2.45) is 5.16 Å². The number of allylic oxidation sites excluding steroid dienone is 1. The van der Waals surface area contributed by atoms with Gasteiger partial charge in [0.25, 0.3) is 0 Å². The lowest BCUT2D eigenvalue weighted by molar-refractivity contribution is -0.140. The fourth-order valence-corrected chi connectivity index (χ4v) is 5.09. The van der Waals surface area contributed by atoms with Gasteiger partial charge in [-0.2, -0.15) is 0 Å². The van der Waals surface area contributed by atoms with Crippen LogP contribution in [0.4, 0.5) is 0 Å². The molecule has 0 radical (unpaired) electrons. The third kappa shape index (κ3) is 4.72. The van der Waals surface area contributed by atoms with Crippen LogP contribution in [0.25, 0.3) is 27.9 Å². The zero-order valence-corrected chi connectivity index (χ0v) is 22.1. The Morgan fingerprint density at radius 3 is 2.15 bits per heavy atom. The van der Waals surface area contributed by atoms with Crippen molar-refractivity contribution in [3.63, 3.8) is 0 Å². The minimum atomic E-state index is -0.581. The molecule has 1 aliphatic rings. The molecule has 7 heteroatoms. The number of rotatable bonds is 8. The number of unbranched alkanes of at least 4 members (excludes halogenated alkanes) is 1. The molecule has 3 aromatic carbocycles. The van der Waals surface area contributed by atoms with Gasteiger partial charge in [-0.25, -0.2) is 4.79 Å². The fraction of sp³-hybridized carbons (Fsp3) is 0.219. The van der Waals surface area contributed by atoms with Crippen molar-refractivity contribution < 1.29 is 24.0 Å². The fourth-order valence-electron chi connectivity index (χ4n) is 5.09. The van der Waals surface area contributed by atoms with Gasteiger partial charge in [-0.1, -0.05) is 48.8 Å². The summed E-state index contributed by atoms with van der Waals surface area (Å²) < 4.78 is 2.16. The number of carbonyl (C=O) groups excluding carboxylic acids is 4. The van der Waals surface area contributed by atoms with Crippen LogP contribution in [0.5, 0.6) is 0 Å². The molecule has 0 atom stereocenters. The molecule has 4 aromatic rings. The summed E-state index contributed by atoms with van der Waals surface area (Å²) >= 11 is 0. The van der Waals surface area contributed by atoms with Crippen LogP contribution in [-0.4, -0.2) is 33.6 Å². The molecule has 196 valence electrons. The number of aromatic nitrogens is 1. The summed E-state index contributed by atoms with van der Waals surface area (Å²) in [7, 11) is 0. The maximum atomic E-state index is 13.4. The second kappa shape index (κ2) is 10.6. The Bertz CT molecular complexity index is 1700. The number of aryl methyl sites for hydroxylation is 1. The molecule has 0 amide bonds. The average molecular weight is 521 g/mol. The molecule has 5 rings (SSSR count). The predicted molar refractivity (Wildman–Crippen MR) is 151 cm³/mol. The third-order valence-corrected chi connectivity index (χ3v) is 7.00. The Hall–Kier alpha value is -4.65. The first kappa shape index (κ1) is 26.0. The quantitative estimate of drug-likeness (QED) is 0.0654. The van der Waals surface area contributed by atoms with Crippen LogP contribution < -0.4 is 0 Å². The van der Waals surface area contributed by atoms with Gasteiger partial charge in [-0.15, -0.1) is 0 Å². The molecule has 0 spiro atoms. The van der Waals surface area contributed by atoms with Crippen molar-refractivity contribution in [3.05, 3.63) is 88.5 Å². The Kier molecular flexibility index (Phi) is 7.07. The van der Waals surface area contributed by atoms with E-state index in [1.54, 1.807) is 36.4 Å². The summed E-state index contributed by atoms with van der Waals surface area (Å²) in [6, 6.07) is 18.2. The molecule has 0 aliphatic heterocycles. The summed E-state index contributed by atoms with van der Waals surface area (Å²) in [6.45, 7) is 6.03. The lowest BCUT2D eigenvalue weighted by Crippen LogP contribution is -2.15. The number of Topliss-reactive ketones (excluding diaryl/α,β-unsaturated/α-hetero) is 3. The van der Waals surface area contributed by atoms with Gasteiger partial charge in [0.2, 0.25) is 5.78 Å². The summed E-state index contributed by atoms with van der Waals surface area (Å²) in [5.74, 6) is -1.41. The summed E-state index contributed by atoms with van der Waals surface area (Å²) in [4.78, 5) is 55.3. The second-order valence-electron chi connectivity index (χ2n) is 9.57. The molecule has 1 aliphatic carbocycles. The minimum absolute atomic E-state index is 0.146. The van der Waals surface area contributed by atoms with Crippen LogP contribution >= 0.6 is 0 Å². The second-order valence-corrected chi connectivity index (χ2v) is 9.57. The van der Waals surface area contributed by atoms with Gasteiger partial charge in [0.1, 0.15) is 5.71 Å². The Labute approximate surface area is 225 Å². The van der Waals surface area contributed by atoms with E-state index >= 15 is 0 Å². The van der Waals surface area contributed by atoms with E-state index in [1.807, 2.05) is 37.3 Å². The van der Waals surface area contributed by atoms with E-state index in [-0.39, 0.29) is 28.6 Å². The van der Waals surface area contributed by atoms with Gasteiger partial charge in [0.05, 0.1) is 5.57 Å². The molecule has 0 bridgehead atoms. The third-order valence-electron chi connectivity index (χ3n) is 7.00. The number of carbonyl (C=O) groups is 4. The normalized spacial score (nSPS) is 13.3. The first-order valence-corrected chi connectivity index (χ1v) is 13.1. The molecule has 7 nitrogen and oxygen atoms in total. The first-order chi connectivity index (χ1) is 18.8. The van der Waals surface area contributed by atoms with E-state index in [4.69, 9.17) is 4.84 Å². The molecule has 39 heavy (non-hydrogen) atoms. The highest BCUT2D eigenvalue weighted by Gasteiger charge is 2.32. The number of benzene rings is 3. The summed E-state index contributed by atoms with van der Waals surface area (Å²) in [5, 5.41) is 5.61. The number of hydrogen-bond donors (Lipinski definition) is 0. The first-order valence-electron chi connectivity index (χ1n) is 13.1. The SMILES string of the molecule is CCCCC(=NOC(C)=O)C(=O)c1ccc2c(c1)c1cc(C=C3C(=O)c4ccccc4C3=O)ccc1n2CC. The number of fused-ring (bicyclic) bond motifs is 4. The van der Waals surface area contributed by atoms with Gasteiger partial charge in [0.15, 0.2) is 11.6 Å². The highest BCUT2D eigenvalue weighted by atomic mass is 16.7. The van der Waals surface area contributed by atoms with Crippen molar-refractivity contribution >= 4 is 56.9 Å². The van der Waals surface area contributed by atoms with Crippen LogP contribution in [0.1, 0.15) is 76.7 Å². The maximum absolute atomic E-state index is 13.4. The highest BCUT2D eigenvalue weighted by Crippen LogP contribution is 2.33.